The van der Waals surface area contributed by atoms with Gasteiger partial charge in [0.1, 0.15) is 31.0 Å². The number of hydrogen-bond acceptors (Lipinski definition) is 10. The number of aliphatic hydroxyl groups excluding tert-OH is 2. The van der Waals surface area contributed by atoms with Gasteiger partial charge in [-0.05, 0) is 80.6 Å². The molecular weight excluding hydrogens is 544 g/mol. The number of aliphatic hydroxyl groups is 3. The molecule has 0 aromatic carbocycles. The minimum absolute atomic E-state index is 0.0190. The first-order valence-electron chi connectivity index (χ1n) is 15.8. The molecule has 6 aliphatic rings. The first kappa shape index (κ1) is 30.5. The lowest BCUT2D eigenvalue weighted by Gasteiger charge is -2.63. The van der Waals surface area contributed by atoms with Gasteiger partial charge in [0.05, 0.1) is 17.8 Å². The van der Waals surface area contributed by atoms with E-state index in [1.807, 2.05) is 0 Å². The molecule has 2 aliphatic heterocycles. The number of fused-ring (bicyclic) bond motifs is 5. The van der Waals surface area contributed by atoms with Crippen molar-refractivity contribution in [2.45, 2.75) is 128 Å². The summed E-state index contributed by atoms with van der Waals surface area (Å²) in [5, 5.41) is 33.8. The maximum atomic E-state index is 12.7. The minimum atomic E-state index is -1.08. The molecule has 4 aliphatic carbocycles. The van der Waals surface area contributed by atoms with Crippen LogP contribution in [0.25, 0.3) is 0 Å². The zero-order valence-corrected chi connectivity index (χ0v) is 25.5. The van der Waals surface area contributed by atoms with Crippen molar-refractivity contribution < 1.29 is 48.6 Å². The van der Waals surface area contributed by atoms with Gasteiger partial charge in [0.25, 0.3) is 0 Å². The second kappa shape index (κ2) is 10.8. The Kier molecular flexibility index (Phi) is 7.84. The summed E-state index contributed by atoms with van der Waals surface area (Å²) in [5.74, 6) is -0.234. The van der Waals surface area contributed by atoms with Gasteiger partial charge in [0.15, 0.2) is 6.29 Å². The highest BCUT2D eigenvalue weighted by Crippen LogP contribution is 2.70. The second-order valence-electron chi connectivity index (χ2n) is 14.5. The zero-order chi connectivity index (χ0) is 30.2. The Morgan fingerprint density at radius 2 is 1.83 bits per heavy atom. The summed E-state index contributed by atoms with van der Waals surface area (Å²) in [5.41, 5.74) is -0.720. The van der Waals surface area contributed by atoms with Crippen molar-refractivity contribution >= 4 is 11.9 Å². The van der Waals surface area contributed by atoms with Crippen LogP contribution in [0.3, 0.4) is 0 Å². The molecule has 0 bridgehead atoms. The smallest absolute Gasteiger partial charge is 0.331 e. The predicted molar refractivity (Wildman–Crippen MR) is 149 cm³/mol. The third-order valence-corrected chi connectivity index (χ3v) is 12.6. The number of esters is 2. The molecule has 1 saturated heterocycles. The molecule has 2 heterocycles. The van der Waals surface area contributed by atoms with Crippen molar-refractivity contribution in [2.24, 2.45) is 34.5 Å². The van der Waals surface area contributed by atoms with Crippen molar-refractivity contribution in [1.29, 1.82) is 0 Å². The van der Waals surface area contributed by atoms with Crippen LogP contribution in [0.1, 0.15) is 79.1 Å². The summed E-state index contributed by atoms with van der Waals surface area (Å²) < 4.78 is 28.7. The Labute approximate surface area is 248 Å². The van der Waals surface area contributed by atoms with Gasteiger partial charge in [-0.1, -0.05) is 13.8 Å². The van der Waals surface area contributed by atoms with Crippen LogP contribution >= 0.6 is 0 Å². The molecule has 3 N–H and O–H groups in total. The average Bonchev–Trinajstić information content (AvgIpc) is 3.44. The highest BCUT2D eigenvalue weighted by atomic mass is 16.7. The number of ether oxygens (including phenoxy) is 5. The number of carbonyl (C=O) groups is 2. The standard InChI is InChI=1S/C32H48O10/c1-16-26(35)28(38-5)27(36)29(40-16)42-20-8-10-30(3)19(13-20)6-7-22-21(30)9-11-31(4)25(18-12-24(34)39-15-18)23(41-17(2)33)14-32(22,31)37/h12,16,19-23,25-29,35-37H,6-11,13-15H2,1-5H3/t16-,19+,20-,21-,22+,23-,25-,26-,27+,28-,29?,30-,31+,32-/m0/s1. The number of carbonyl (C=O) groups excluding carboxylic acids is 2. The van der Waals surface area contributed by atoms with Crippen molar-refractivity contribution in [3.63, 3.8) is 0 Å². The van der Waals surface area contributed by atoms with Crippen molar-refractivity contribution in [2.75, 3.05) is 13.7 Å². The molecular formula is C32H48O10. The van der Waals surface area contributed by atoms with E-state index in [4.69, 9.17) is 23.7 Å². The zero-order valence-electron chi connectivity index (χ0n) is 25.5. The molecule has 0 aromatic heterocycles. The Bertz CT molecular complexity index is 1110. The van der Waals surface area contributed by atoms with E-state index in [1.165, 1.54) is 20.1 Å². The van der Waals surface area contributed by atoms with Gasteiger partial charge in [0, 0.05) is 37.9 Å². The maximum absolute atomic E-state index is 12.7. The van der Waals surface area contributed by atoms with Crippen LogP contribution < -0.4 is 0 Å². The van der Waals surface area contributed by atoms with E-state index in [-0.39, 0.29) is 41.9 Å². The largest absolute Gasteiger partial charge is 0.462 e. The van der Waals surface area contributed by atoms with Gasteiger partial charge >= 0.3 is 11.9 Å². The maximum Gasteiger partial charge on any atom is 0.331 e. The Balaban J connectivity index is 1.20. The van der Waals surface area contributed by atoms with Crippen LogP contribution in [0.15, 0.2) is 11.6 Å². The van der Waals surface area contributed by atoms with Crippen molar-refractivity contribution in [1.82, 2.24) is 0 Å². The number of rotatable bonds is 5. The summed E-state index contributed by atoms with van der Waals surface area (Å²) in [7, 11) is 1.47. The third kappa shape index (κ3) is 4.58. The molecule has 4 saturated carbocycles. The minimum Gasteiger partial charge on any atom is -0.462 e. The first-order chi connectivity index (χ1) is 19.8. The lowest BCUT2D eigenvalue weighted by atomic mass is 9.43. The van der Waals surface area contributed by atoms with E-state index in [0.29, 0.717) is 18.3 Å². The summed E-state index contributed by atoms with van der Waals surface area (Å²) >= 11 is 0. The van der Waals surface area contributed by atoms with E-state index in [9.17, 15) is 24.9 Å². The van der Waals surface area contributed by atoms with Crippen molar-refractivity contribution in [3.05, 3.63) is 11.6 Å². The third-order valence-electron chi connectivity index (χ3n) is 12.6. The van der Waals surface area contributed by atoms with E-state index < -0.39 is 47.8 Å². The molecule has 0 amide bonds. The number of cyclic esters (lactones) is 1. The van der Waals surface area contributed by atoms with Gasteiger partial charge in [0.2, 0.25) is 0 Å². The fraction of sp³-hybridized carbons (Fsp3) is 0.875. The van der Waals surface area contributed by atoms with Gasteiger partial charge in [-0.3, -0.25) is 4.79 Å². The first-order valence-corrected chi connectivity index (χ1v) is 15.8. The highest BCUT2D eigenvalue weighted by Gasteiger charge is 2.71. The highest BCUT2D eigenvalue weighted by molar-refractivity contribution is 5.85. The van der Waals surface area contributed by atoms with Gasteiger partial charge in [-0.25, -0.2) is 4.79 Å². The molecule has 6 rings (SSSR count). The molecule has 0 radical (unpaired) electrons. The Hall–Kier alpha value is -1.56. The molecule has 5 fully saturated rings. The summed E-state index contributed by atoms with van der Waals surface area (Å²) in [6.45, 7) is 7.85. The lowest BCUT2D eigenvalue weighted by Crippen LogP contribution is -2.62. The summed E-state index contributed by atoms with van der Waals surface area (Å²) in [6, 6.07) is 0. The topological polar surface area (TPSA) is 141 Å². The van der Waals surface area contributed by atoms with Crippen LogP contribution in [0.5, 0.6) is 0 Å². The monoisotopic (exact) mass is 592 g/mol. The van der Waals surface area contributed by atoms with Crippen LogP contribution in [0, 0.1) is 34.5 Å². The molecule has 10 heteroatoms. The number of hydrogen-bond donors (Lipinski definition) is 3. The second-order valence-corrected chi connectivity index (χ2v) is 14.5. The van der Waals surface area contributed by atoms with Gasteiger partial charge in [-0.15, -0.1) is 0 Å². The van der Waals surface area contributed by atoms with Crippen molar-refractivity contribution in [3.8, 4) is 0 Å². The van der Waals surface area contributed by atoms with Crippen LogP contribution in [-0.4, -0.2) is 89.5 Å². The van der Waals surface area contributed by atoms with Gasteiger partial charge in [-0.2, -0.15) is 0 Å². The quantitative estimate of drug-likeness (QED) is 0.322. The number of methoxy groups -OCH3 is 1. The van der Waals surface area contributed by atoms with Crippen LogP contribution in [-0.2, 0) is 33.3 Å². The molecule has 14 atom stereocenters. The molecule has 0 aromatic rings. The molecule has 10 nitrogen and oxygen atoms in total. The van der Waals surface area contributed by atoms with Crippen LogP contribution in [0.4, 0.5) is 0 Å². The Morgan fingerprint density at radius 1 is 1.07 bits per heavy atom. The van der Waals surface area contributed by atoms with Gasteiger partial charge < -0.3 is 39.0 Å². The van der Waals surface area contributed by atoms with Crippen LogP contribution in [0.2, 0.25) is 0 Å². The fourth-order valence-corrected chi connectivity index (χ4v) is 10.4. The Morgan fingerprint density at radius 3 is 2.50 bits per heavy atom. The molecule has 1 unspecified atom stereocenters. The molecule has 236 valence electrons. The van der Waals surface area contributed by atoms with E-state index in [0.717, 1.165) is 50.5 Å². The normalized spacial score (nSPS) is 52.0. The average molecular weight is 593 g/mol. The molecule has 42 heavy (non-hydrogen) atoms. The SMILES string of the molecule is CO[C@H]1[C@@H](O)[C@H](C)OC(O[C@H]2CC[C@@]3(C)[C@H](CC[C@@H]4[C@@H]3CC[C@]3(C)[C@@H](C5=CC(=O)OC5)[C@@H](OC(C)=O)C[C@]43O)C2)[C@@H]1O. The van der Waals surface area contributed by atoms with E-state index in [1.54, 1.807) is 6.92 Å². The fourth-order valence-electron chi connectivity index (χ4n) is 10.4. The summed E-state index contributed by atoms with van der Waals surface area (Å²) in [6.07, 6.45) is 3.36. The lowest BCUT2D eigenvalue weighted by molar-refractivity contribution is -0.313. The summed E-state index contributed by atoms with van der Waals surface area (Å²) in [4.78, 5) is 24.2. The molecule has 0 spiro atoms. The predicted octanol–water partition coefficient (Wildman–Crippen LogP) is 2.65. The van der Waals surface area contributed by atoms with E-state index in [2.05, 4.69) is 13.8 Å². The van der Waals surface area contributed by atoms with E-state index >= 15 is 0 Å².